The normalized spacial score (nSPS) is 16.2. The molecule has 2 aromatic heterocycles. The van der Waals surface area contributed by atoms with Crippen molar-refractivity contribution in [3.8, 4) is 11.7 Å². The summed E-state index contributed by atoms with van der Waals surface area (Å²) in [7, 11) is 1.61. The number of ether oxygens (including phenoxy) is 1. The lowest BCUT2D eigenvalue weighted by Gasteiger charge is -2.36. The average Bonchev–Trinajstić information content (AvgIpc) is 3.34. The van der Waals surface area contributed by atoms with Gasteiger partial charge in [0.05, 0.1) is 7.11 Å². The molecule has 0 spiro atoms. The number of urea groups is 1. The Morgan fingerprint density at radius 3 is 2.83 bits per heavy atom. The van der Waals surface area contributed by atoms with E-state index < -0.39 is 0 Å². The maximum Gasteiger partial charge on any atom is 0.319 e. The highest BCUT2D eigenvalue weighted by atomic mass is 16.5. The van der Waals surface area contributed by atoms with Crippen molar-refractivity contribution in [3.63, 3.8) is 0 Å². The minimum Gasteiger partial charge on any atom is -0.497 e. The second-order valence-corrected chi connectivity index (χ2v) is 7.09. The molecule has 9 heteroatoms. The standard InChI is InChI=1S/C21H25N7O2/c1-30-18-7-5-16(6-8-18)25-21(29)24-14-17-4-2-3-12-28(17)19-9-10-23-20(26-19)27-13-11-22-15-27/h5-11,13,15,17H,2-4,12,14H2,1H3,(H2,24,25,29). The zero-order valence-electron chi connectivity index (χ0n) is 16.9. The van der Waals surface area contributed by atoms with Crippen LogP contribution in [0.2, 0.25) is 0 Å². The van der Waals surface area contributed by atoms with Gasteiger partial charge in [0.25, 0.3) is 0 Å². The minimum absolute atomic E-state index is 0.172. The van der Waals surface area contributed by atoms with E-state index in [1.165, 1.54) is 0 Å². The van der Waals surface area contributed by atoms with Crippen LogP contribution in [0, 0.1) is 0 Å². The number of anilines is 2. The molecule has 156 valence electrons. The van der Waals surface area contributed by atoms with E-state index in [-0.39, 0.29) is 12.1 Å². The number of nitrogens with one attached hydrogen (secondary N) is 2. The van der Waals surface area contributed by atoms with E-state index >= 15 is 0 Å². The van der Waals surface area contributed by atoms with Crippen LogP contribution in [-0.2, 0) is 0 Å². The van der Waals surface area contributed by atoms with Gasteiger partial charge in [-0.15, -0.1) is 0 Å². The van der Waals surface area contributed by atoms with Gasteiger partial charge in [-0.1, -0.05) is 0 Å². The largest absolute Gasteiger partial charge is 0.497 e. The van der Waals surface area contributed by atoms with Crippen molar-refractivity contribution in [3.05, 3.63) is 55.2 Å². The summed E-state index contributed by atoms with van der Waals surface area (Å²) in [4.78, 5) is 27.7. The van der Waals surface area contributed by atoms with Crippen LogP contribution < -0.4 is 20.3 Å². The van der Waals surface area contributed by atoms with E-state index in [1.807, 2.05) is 36.5 Å². The molecule has 1 atom stereocenters. The summed E-state index contributed by atoms with van der Waals surface area (Å²) in [5, 5.41) is 5.84. The molecule has 2 N–H and O–H groups in total. The fourth-order valence-corrected chi connectivity index (χ4v) is 3.58. The molecule has 1 aromatic carbocycles. The first-order chi connectivity index (χ1) is 14.7. The third kappa shape index (κ3) is 4.68. The molecule has 9 nitrogen and oxygen atoms in total. The molecular formula is C21H25N7O2. The first-order valence-corrected chi connectivity index (χ1v) is 10.00. The van der Waals surface area contributed by atoms with Crippen molar-refractivity contribution in [2.45, 2.75) is 25.3 Å². The molecule has 0 saturated carbocycles. The summed E-state index contributed by atoms with van der Waals surface area (Å²) < 4.78 is 6.92. The summed E-state index contributed by atoms with van der Waals surface area (Å²) in [5.74, 6) is 2.19. The van der Waals surface area contributed by atoms with Gasteiger partial charge in [0.15, 0.2) is 0 Å². The Labute approximate surface area is 175 Å². The summed E-state index contributed by atoms with van der Waals surface area (Å²) >= 11 is 0. The van der Waals surface area contributed by atoms with Gasteiger partial charge in [-0.3, -0.25) is 4.57 Å². The van der Waals surface area contributed by atoms with Crippen LogP contribution in [0.3, 0.4) is 0 Å². The van der Waals surface area contributed by atoms with E-state index in [1.54, 1.807) is 30.4 Å². The van der Waals surface area contributed by atoms with E-state index in [0.717, 1.165) is 43.1 Å². The lowest BCUT2D eigenvalue weighted by molar-refractivity contribution is 0.250. The number of benzene rings is 1. The van der Waals surface area contributed by atoms with Gasteiger partial charge < -0.3 is 20.3 Å². The first-order valence-electron chi connectivity index (χ1n) is 10.00. The smallest absolute Gasteiger partial charge is 0.319 e. The van der Waals surface area contributed by atoms with E-state index in [9.17, 15) is 4.79 Å². The number of rotatable bonds is 6. The highest BCUT2D eigenvalue weighted by Crippen LogP contribution is 2.23. The third-order valence-electron chi connectivity index (χ3n) is 5.13. The van der Waals surface area contributed by atoms with Gasteiger partial charge >= 0.3 is 6.03 Å². The lowest BCUT2D eigenvalue weighted by atomic mass is 10.0. The number of hydrogen-bond acceptors (Lipinski definition) is 6. The summed E-state index contributed by atoms with van der Waals surface area (Å²) in [6.45, 7) is 1.43. The van der Waals surface area contributed by atoms with E-state index in [0.29, 0.717) is 12.5 Å². The van der Waals surface area contributed by atoms with Crippen LogP contribution in [0.1, 0.15) is 19.3 Å². The van der Waals surface area contributed by atoms with Crippen LogP contribution in [0.4, 0.5) is 16.3 Å². The van der Waals surface area contributed by atoms with Crippen LogP contribution in [0.5, 0.6) is 5.75 Å². The Morgan fingerprint density at radius 2 is 2.07 bits per heavy atom. The molecule has 3 aromatic rings. The van der Waals surface area contributed by atoms with Crippen LogP contribution in [0.25, 0.3) is 5.95 Å². The molecule has 1 aliphatic heterocycles. The van der Waals surface area contributed by atoms with Gasteiger partial charge in [0.2, 0.25) is 5.95 Å². The maximum absolute atomic E-state index is 12.4. The molecule has 1 unspecified atom stereocenters. The van der Waals surface area contributed by atoms with Crippen molar-refractivity contribution in [2.75, 3.05) is 30.4 Å². The van der Waals surface area contributed by atoms with Gasteiger partial charge in [-0.2, -0.15) is 4.98 Å². The summed E-state index contributed by atoms with van der Waals surface area (Å²) in [5.41, 5.74) is 0.717. The van der Waals surface area contributed by atoms with Crippen molar-refractivity contribution in [1.82, 2.24) is 24.8 Å². The summed E-state index contributed by atoms with van der Waals surface area (Å²) in [6.07, 6.45) is 10.2. The number of aromatic nitrogens is 4. The molecule has 1 aliphatic rings. The first kappa shape index (κ1) is 19.7. The lowest BCUT2D eigenvalue weighted by Crippen LogP contribution is -2.48. The van der Waals surface area contributed by atoms with Crippen molar-refractivity contribution < 1.29 is 9.53 Å². The topological polar surface area (TPSA) is 97.2 Å². The van der Waals surface area contributed by atoms with Crippen molar-refractivity contribution in [2.24, 2.45) is 0 Å². The van der Waals surface area contributed by atoms with Crippen LogP contribution in [0.15, 0.2) is 55.2 Å². The predicted molar refractivity (Wildman–Crippen MR) is 114 cm³/mol. The number of piperidine rings is 1. The van der Waals surface area contributed by atoms with Gasteiger partial charge in [0.1, 0.15) is 17.9 Å². The SMILES string of the molecule is COc1ccc(NC(=O)NCC2CCCCN2c2ccnc(-n3ccnc3)n2)cc1. The fourth-order valence-electron chi connectivity index (χ4n) is 3.58. The molecule has 1 saturated heterocycles. The molecule has 4 rings (SSSR count). The minimum atomic E-state index is -0.229. The van der Waals surface area contributed by atoms with Gasteiger partial charge in [-0.05, 0) is 49.6 Å². The number of methoxy groups -OCH3 is 1. The Balaban J connectivity index is 1.39. The maximum atomic E-state index is 12.4. The summed E-state index contributed by atoms with van der Waals surface area (Å²) in [6, 6.07) is 9.10. The Morgan fingerprint density at radius 1 is 1.20 bits per heavy atom. The fraction of sp³-hybridized carbons (Fsp3) is 0.333. The molecule has 30 heavy (non-hydrogen) atoms. The van der Waals surface area contributed by atoms with Crippen LogP contribution >= 0.6 is 0 Å². The van der Waals surface area contributed by atoms with Gasteiger partial charge in [0, 0.05) is 43.4 Å². The molecule has 0 radical (unpaired) electrons. The number of nitrogens with zero attached hydrogens (tertiary/aromatic N) is 5. The molecule has 2 amide bonds. The quantitative estimate of drug-likeness (QED) is 0.652. The van der Waals surface area contributed by atoms with Crippen LogP contribution in [-0.4, -0.2) is 51.8 Å². The van der Waals surface area contributed by atoms with Gasteiger partial charge in [-0.25, -0.2) is 14.8 Å². The second kappa shape index (κ2) is 9.25. The van der Waals surface area contributed by atoms with E-state index in [2.05, 4.69) is 25.5 Å². The monoisotopic (exact) mass is 407 g/mol. The van der Waals surface area contributed by atoms with E-state index in [4.69, 9.17) is 9.72 Å². The number of carbonyl (C=O) groups excluding carboxylic acids is 1. The highest BCUT2D eigenvalue weighted by molar-refractivity contribution is 5.89. The zero-order valence-corrected chi connectivity index (χ0v) is 16.9. The molecule has 0 bridgehead atoms. The average molecular weight is 407 g/mol. The van der Waals surface area contributed by atoms with Crippen molar-refractivity contribution in [1.29, 1.82) is 0 Å². The number of imidazole rings is 1. The number of carbonyl (C=O) groups is 1. The molecule has 3 heterocycles. The zero-order chi connectivity index (χ0) is 20.8. The Hall–Kier alpha value is -3.62. The number of hydrogen-bond donors (Lipinski definition) is 2. The number of amides is 2. The Bertz CT molecular complexity index is 960. The Kier molecular flexibility index (Phi) is 6.07. The predicted octanol–water partition coefficient (Wildman–Crippen LogP) is 2.85. The second-order valence-electron chi connectivity index (χ2n) is 7.09. The molecular weight excluding hydrogens is 382 g/mol. The third-order valence-corrected chi connectivity index (χ3v) is 5.13. The molecule has 1 fully saturated rings. The van der Waals surface area contributed by atoms with Crippen molar-refractivity contribution >= 4 is 17.5 Å². The highest BCUT2D eigenvalue weighted by Gasteiger charge is 2.24. The molecule has 0 aliphatic carbocycles.